The Hall–Kier alpha value is -2.24. The normalized spacial score (nSPS) is 21.4. The predicted octanol–water partition coefficient (Wildman–Crippen LogP) is 4.46. The van der Waals surface area contributed by atoms with E-state index in [1.54, 1.807) is 6.20 Å². The van der Waals surface area contributed by atoms with Gasteiger partial charge in [0.15, 0.2) is 0 Å². The minimum Gasteiger partial charge on any atom is -0.418 e. The molecule has 2 aliphatic rings. The highest BCUT2D eigenvalue weighted by Gasteiger charge is 2.33. The number of piperidine rings is 1. The number of hydrogen-bond donors (Lipinski definition) is 0. The molecule has 6 nitrogen and oxygen atoms in total. The maximum atomic E-state index is 13.0. The van der Waals surface area contributed by atoms with Gasteiger partial charge in [0.05, 0.1) is 5.56 Å². The minimum atomic E-state index is -0.0884. The van der Waals surface area contributed by atoms with Crippen LogP contribution in [0, 0.1) is 12.8 Å². The maximum absolute atomic E-state index is 13.0. The molecule has 0 bridgehead atoms. The van der Waals surface area contributed by atoms with Crippen LogP contribution < -0.4 is 0 Å². The topological polar surface area (TPSA) is 72.1 Å². The number of amides is 1. The van der Waals surface area contributed by atoms with Crippen LogP contribution in [0.1, 0.15) is 75.4 Å². The summed E-state index contributed by atoms with van der Waals surface area (Å²) in [6.07, 6.45) is 11.7. The number of aryl methyl sites for hydroxylation is 1. The second-order valence-corrected chi connectivity index (χ2v) is 7.94. The number of rotatable bonds is 4. The fraction of sp³-hybridized carbons (Fsp3) is 0.619. The van der Waals surface area contributed by atoms with Gasteiger partial charge >= 0.3 is 0 Å². The third-order valence-corrected chi connectivity index (χ3v) is 5.90. The zero-order valence-corrected chi connectivity index (χ0v) is 16.1. The molecule has 0 radical (unpaired) electrons. The lowest BCUT2D eigenvalue weighted by Crippen LogP contribution is -2.39. The van der Waals surface area contributed by atoms with Gasteiger partial charge in [0.2, 0.25) is 17.7 Å². The monoisotopic (exact) mass is 368 g/mol. The van der Waals surface area contributed by atoms with Gasteiger partial charge in [-0.3, -0.25) is 9.78 Å². The van der Waals surface area contributed by atoms with Gasteiger partial charge in [-0.05, 0) is 57.1 Å². The molecule has 0 N–H and O–H groups in total. The van der Waals surface area contributed by atoms with E-state index in [0.29, 0.717) is 24.1 Å². The van der Waals surface area contributed by atoms with Crippen molar-refractivity contribution in [2.75, 3.05) is 6.54 Å². The van der Waals surface area contributed by atoms with E-state index in [-0.39, 0.29) is 11.9 Å². The van der Waals surface area contributed by atoms with E-state index in [4.69, 9.17) is 4.42 Å². The van der Waals surface area contributed by atoms with Gasteiger partial charge in [0, 0.05) is 24.9 Å². The summed E-state index contributed by atoms with van der Waals surface area (Å²) in [6.45, 7) is 2.74. The number of nitrogens with zero attached hydrogens (tertiary/aromatic N) is 4. The fourth-order valence-corrected chi connectivity index (χ4v) is 4.32. The van der Waals surface area contributed by atoms with E-state index in [2.05, 4.69) is 15.2 Å². The first-order valence-corrected chi connectivity index (χ1v) is 10.3. The SMILES string of the molecule is Cc1ccc(-c2nnc(C3CCCCN3C(=O)CC3CCCCC3)o2)cn1. The van der Waals surface area contributed by atoms with Crippen molar-refractivity contribution in [3.05, 3.63) is 29.9 Å². The second kappa shape index (κ2) is 8.19. The summed E-state index contributed by atoms with van der Waals surface area (Å²) in [5.41, 5.74) is 1.76. The Morgan fingerprint density at radius 3 is 2.70 bits per heavy atom. The van der Waals surface area contributed by atoms with Gasteiger partial charge in [-0.25, -0.2) is 0 Å². The van der Waals surface area contributed by atoms with Crippen LogP contribution in [0.15, 0.2) is 22.7 Å². The smallest absolute Gasteiger partial charge is 0.249 e. The molecule has 1 saturated heterocycles. The van der Waals surface area contributed by atoms with Crippen LogP contribution in [0.2, 0.25) is 0 Å². The molecule has 1 unspecified atom stereocenters. The van der Waals surface area contributed by atoms with Crippen molar-refractivity contribution in [3.63, 3.8) is 0 Å². The number of aromatic nitrogens is 3. The van der Waals surface area contributed by atoms with Crippen LogP contribution in [-0.2, 0) is 4.79 Å². The number of hydrogen-bond acceptors (Lipinski definition) is 5. The van der Waals surface area contributed by atoms with Crippen molar-refractivity contribution in [1.82, 2.24) is 20.1 Å². The summed E-state index contributed by atoms with van der Waals surface area (Å²) in [6, 6.07) is 3.78. The maximum Gasteiger partial charge on any atom is 0.249 e. The number of carbonyl (C=O) groups is 1. The van der Waals surface area contributed by atoms with Crippen molar-refractivity contribution in [1.29, 1.82) is 0 Å². The highest BCUT2D eigenvalue weighted by molar-refractivity contribution is 5.77. The molecule has 2 fully saturated rings. The molecular weight excluding hydrogens is 340 g/mol. The Labute approximate surface area is 160 Å². The lowest BCUT2D eigenvalue weighted by Gasteiger charge is -2.35. The van der Waals surface area contributed by atoms with E-state index in [1.807, 2.05) is 24.0 Å². The molecule has 4 rings (SSSR count). The number of likely N-dealkylation sites (tertiary alicyclic amines) is 1. The number of pyridine rings is 1. The molecule has 1 amide bonds. The average Bonchev–Trinajstić information content (AvgIpc) is 3.19. The Morgan fingerprint density at radius 1 is 1.11 bits per heavy atom. The highest BCUT2D eigenvalue weighted by Crippen LogP contribution is 2.34. The third kappa shape index (κ3) is 4.20. The third-order valence-electron chi connectivity index (χ3n) is 5.90. The second-order valence-electron chi connectivity index (χ2n) is 7.94. The molecule has 2 aromatic heterocycles. The molecule has 1 atom stereocenters. The number of carbonyl (C=O) groups excluding carboxylic acids is 1. The molecular formula is C21H28N4O2. The first kappa shape index (κ1) is 18.1. The van der Waals surface area contributed by atoms with Crippen molar-refractivity contribution in [2.24, 2.45) is 5.92 Å². The summed E-state index contributed by atoms with van der Waals surface area (Å²) in [7, 11) is 0. The van der Waals surface area contributed by atoms with Crippen LogP contribution in [0.25, 0.3) is 11.5 Å². The van der Waals surface area contributed by atoms with Crippen LogP contribution in [-0.4, -0.2) is 32.5 Å². The summed E-state index contributed by atoms with van der Waals surface area (Å²) in [5.74, 6) is 1.83. The lowest BCUT2D eigenvalue weighted by molar-refractivity contribution is -0.137. The molecule has 2 aromatic rings. The molecule has 0 spiro atoms. The minimum absolute atomic E-state index is 0.0884. The molecule has 1 aliphatic heterocycles. The fourth-order valence-electron chi connectivity index (χ4n) is 4.32. The Balaban J connectivity index is 1.48. The van der Waals surface area contributed by atoms with Crippen LogP contribution in [0.3, 0.4) is 0 Å². The molecule has 3 heterocycles. The first-order valence-electron chi connectivity index (χ1n) is 10.3. The van der Waals surface area contributed by atoms with Crippen LogP contribution >= 0.6 is 0 Å². The van der Waals surface area contributed by atoms with E-state index in [9.17, 15) is 4.79 Å². The van der Waals surface area contributed by atoms with Crippen LogP contribution in [0.4, 0.5) is 0 Å². The Kier molecular flexibility index (Phi) is 5.50. The molecule has 27 heavy (non-hydrogen) atoms. The molecule has 1 aliphatic carbocycles. The van der Waals surface area contributed by atoms with Gasteiger partial charge in [-0.15, -0.1) is 10.2 Å². The summed E-state index contributed by atoms with van der Waals surface area (Å²) < 4.78 is 5.96. The standard InChI is InChI=1S/C21H28N4O2/c1-15-10-11-17(14-22-15)20-23-24-21(27-20)18-9-5-6-12-25(18)19(26)13-16-7-3-2-4-8-16/h10-11,14,16,18H,2-9,12-13H2,1H3. The van der Waals surface area contributed by atoms with Gasteiger partial charge in [-0.2, -0.15) is 0 Å². The Morgan fingerprint density at radius 2 is 1.93 bits per heavy atom. The highest BCUT2D eigenvalue weighted by atomic mass is 16.4. The van der Waals surface area contributed by atoms with Gasteiger partial charge in [0.1, 0.15) is 6.04 Å². The lowest BCUT2D eigenvalue weighted by atomic mass is 9.86. The zero-order chi connectivity index (χ0) is 18.6. The summed E-state index contributed by atoms with van der Waals surface area (Å²) in [4.78, 5) is 19.3. The van der Waals surface area contributed by atoms with E-state index in [1.165, 1.54) is 32.1 Å². The van der Waals surface area contributed by atoms with Crippen molar-refractivity contribution < 1.29 is 9.21 Å². The average molecular weight is 368 g/mol. The van der Waals surface area contributed by atoms with Gasteiger partial charge in [0.25, 0.3) is 0 Å². The molecule has 6 heteroatoms. The quantitative estimate of drug-likeness (QED) is 0.796. The summed E-state index contributed by atoms with van der Waals surface area (Å²) in [5, 5.41) is 8.49. The summed E-state index contributed by atoms with van der Waals surface area (Å²) >= 11 is 0. The molecule has 144 valence electrons. The zero-order valence-electron chi connectivity index (χ0n) is 16.1. The molecule has 0 aromatic carbocycles. The molecule has 1 saturated carbocycles. The van der Waals surface area contributed by atoms with Gasteiger partial charge in [-0.1, -0.05) is 19.3 Å². The largest absolute Gasteiger partial charge is 0.418 e. The van der Waals surface area contributed by atoms with Crippen molar-refractivity contribution >= 4 is 5.91 Å². The van der Waals surface area contributed by atoms with E-state index >= 15 is 0 Å². The van der Waals surface area contributed by atoms with Crippen molar-refractivity contribution in [2.45, 2.75) is 70.8 Å². The van der Waals surface area contributed by atoms with Crippen molar-refractivity contribution in [3.8, 4) is 11.5 Å². The van der Waals surface area contributed by atoms with Crippen LogP contribution in [0.5, 0.6) is 0 Å². The Bertz CT molecular complexity index is 765. The van der Waals surface area contributed by atoms with E-state index < -0.39 is 0 Å². The van der Waals surface area contributed by atoms with E-state index in [0.717, 1.165) is 37.1 Å². The predicted molar refractivity (Wildman–Crippen MR) is 102 cm³/mol. The first-order chi connectivity index (χ1) is 13.2. The van der Waals surface area contributed by atoms with Gasteiger partial charge < -0.3 is 9.32 Å².